The Morgan fingerprint density at radius 3 is 2.58 bits per heavy atom. The number of quaternary nitrogens is 1. The molecule has 0 radical (unpaired) electrons. The van der Waals surface area contributed by atoms with Crippen LogP contribution in [0.15, 0.2) is 30.3 Å². The van der Waals surface area contributed by atoms with Crippen LogP contribution in [0.1, 0.15) is 26.2 Å². The van der Waals surface area contributed by atoms with Crippen LogP contribution in [0.25, 0.3) is 0 Å². The molecule has 8 heteroatoms. The molecule has 0 spiro atoms. The SMILES string of the molecule is CC(=O)COC(=O)[C@@H]1C2CCC(C[C@@H]1O[P+](O)(O)c1ccccc1)[NH+]2C. The van der Waals surface area contributed by atoms with E-state index in [4.69, 9.17) is 9.26 Å². The smallest absolute Gasteiger partial charge is 0.443 e. The maximum Gasteiger partial charge on any atom is 0.443 e. The molecule has 1 aromatic rings. The van der Waals surface area contributed by atoms with Crippen molar-refractivity contribution in [3.05, 3.63) is 30.3 Å². The van der Waals surface area contributed by atoms with Crippen LogP contribution in [-0.4, -0.2) is 53.4 Å². The Labute approximate surface area is 153 Å². The molecule has 2 fully saturated rings. The summed E-state index contributed by atoms with van der Waals surface area (Å²) in [7, 11) is -1.76. The van der Waals surface area contributed by atoms with Crippen molar-refractivity contribution in [2.75, 3.05) is 13.7 Å². The van der Waals surface area contributed by atoms with Gasteiger partial charge in [0.2, 0.25) is 0 Å². The first-order valence-electron chi connectivity index (χ1n) is 8.87. The van der Waals surface area contributed by atoms with Gasteiger partial charge in [-0.05, 0) is 19.1 Å². The van der Waals surface area contributed by atoms with E-state index in [2.05, 4.69) is 0 Å². The van der Waals surface area contributed by atoms with Gasteiger partial charge in [0.05, 0.1) is 13.1 Å². The molecule has 1 aromatic carbocycles. The minimum atomic E-state index is -3.81. The summed E-state index contributed by atoms with van der Waals surface area (Å²) in [6.07, 6.45) is 1.72. The molecule has 3 rings (SSSR count). The second kappa shape index (κ2) is 7.71. The number of rotatable bonds is 6. The molecule has 142 valence electrons. The van der Waals surface area contributed by atoms with E-state index in [1.807, 2.05) is 7.05 Å². The average Bonchev–Trinajstić information content (AvgIpc) is 2.84. The average molecular weight is 383 g/mol. The lowest BCUT2D eigenvalue weighted by atomic mass is 9.88. The lowest BCUT2D eigenvalue weighted by Gasteiger charge is -2.37. The van der Waals surface area contributed by atoms with Gasteiger partial charge in [0.25, 0.3) is 0 Å². The Bertz CT molecular complexity index is 667. The Hall–Kier alpha value is -1.37. The highest BCUT2D eigenvalue weighted by Crippen LogP contribution is 2.53. The lowest BCUT2D eigenvalue weighted by molar-refractivity contribution is -0.926. The number of hydrogen-bond acceptors (Lipinski definition) is 6. The second-order valence-corrected chi connectivity index (χ2v) is 9.03. The van der Waals surface area contributed by atoms with Crippen LogP contribution < -0.4 is 10.2 Å². The van der Waals surface area contributed by atoms with Crippen molar-refractivity contribution in [2.24, 2.45) is 5.92 Å². The highest BCUT2D eigenvalue weighted by Gasteiger charge is 2.58. The molecule has 2 saturated heterocycles. The minimum Gasteiger partial charge on any atom is -0.457 e. The molecule has 0 aliphatic carbocycles. The van der Waals surface area contributed by atoms with Crippen LogP contribution in [0.5, 0.6) is 0 Å². The van der Waals surface area contributed by atoms with Gasteiger partial charge in [0.15, 0.2) is 11.1 Å². The molecule has 0 amide bonds. The molecule has 26 heavy (non-hydrogen) atoms. The van der Waals surface area contributed by atoms with Gasteiger partial charge < -0.3 is 9.64 Å². The van der Waals surface area contributed by atoms with Gasteiger partial charge in [-0.15, -0.1) is 0 Å². The molecule has 7 nitrogen and oxygen atoms in total. The molecule has 3 N–H and O–H groups in total. The summed E-state index contributed by atoms with van der Waals surface area (Å²) in [6.45, 7) is 1.09. The third-order valence-electron chi connectivity index (χ3n) is 5.47. The molecule has 0 saturated carbocycles. The summed E-state index contributed by atoms with van der Waals surface area (Å²) < 4.78 is 10.9. The normalized spacial score (nSPS) is 30.8. The van der Waals surface area contributed by atoms with Crippen molar-refractivity contribution < 1.29 is 33.5 Å². The number of hydrogen-bond donors (Lipinski definition) is 3. The van der Waals surface area contributed by atoms with Gasteiger partial charge in [-0.25, -0.2) is 0 Å². The summed E-state index contributed by atoms with van der Waals surface area (Å²) in [5.74, 6) is -1.34. The van der Waals surface area contributed by atoms with E-state index in [9.17, 15) is 19.4 Å². The monoisotopic (exact) mass is 383 g/mol. The topological polar surface area (TPSA) is 97.5 Å². The highest BCUT2D eigenvalue weighted by atomic mass is 31.2. The summed E-state index contributed by atoms with van der Waals surface area (Å²) in [5, 5.41) is 0.314. The quantitative estimate of drug-likeness (QED) is 0.459. The van der Waals surface area contributed by atoms with E-state index in [1.165, 1.54) is 11.8 Å². The predicted octanol–water partition coefficient (Wildman–Crippen LogP) is -0.358. The first kappa shape index (κ1) is 19.4. The fourth-order valence-corrected chi connectivity index (χ4v) is 5.43. The largest absolute Gasteiger partial charge is 0.457 e. The van der Waals surface area contributed by atoms with Crippen molar-refractivity contribution in [2.45, 2.75) is 44.4 Å². The Morgan fingerprint density at radius 2 is 1.92 bits per heavy atom. The van der Waals surface area contributed by atoms with Gasteiger partial charge in [-0.1, -0.05) is 18.2 Å². The molecule has 5 atom stereocenters. The third-order valence-corrected chi connectivity index (χ3v) is 7.01. The number of fused-ring (bicyclic) bond motifs is 2. The van der Waals surface area contributed by atoms with Crippen LogP contribution in [0.3, 0.4) is 0 Å². The Kier molecular flexibility index (Phi) is 5.75. The van der Waals surface area contributed by atoms with Gasteiger partial charge in [-0.3, -0.25) is 9.59 Å². The van der Waals surface area contributed by atoms with Crippen molar-refractivity contribution >= 4 is 25.0 Å². The zero-order chi connectivity index (χ0) is 18.9. The van der Waals surface area contributed by atoms with Crippen LogP contribution in [0.2, 0.25) is 0 Å². The summed E-state index contributed by atoms with van der Waals surface area (Å²) in [5.41, 5.74) is 0. The molecule has 2 aliphatic heterocycles. The molecule has 0 aromatic heterocycles. The van der Waals surface area contributed by atoms with E-state index >= 15 is 0 Å². The number of benzene rings is 1. The predicted molar refractivity (Wildman–Crippen MR) is 95.8 cm³/mol. The van der Waals surface area contributed by atoms with Gasteiger partial charge in [0, 0.05) is 19.3 Å². The second-order valence-electron chi connectivity index (χ2n) is 7.22. The van der Waals surface area contributed by atoms with Crippen LogP contribution >= 0.6 is 7.94 Å². The van der Waals surface area contributed by atoms with E-state index in [1.54, 1.807) is 30.3 Å². The molecule has 2 aliphatic rings. The van der Waals surface area contributed by atoms with Crippen LogP contribution in [0.4, 0.5) is 0 Å². The van der Waals surface area contributed by atoms with Crippen molar-refractivity contribution in [1.82, 2.24) is 0 Å². The van der Waals surface area contributed by atoms with Crippen molar-refractivity contribution in [3.63, 3.8) is 0 Å². The van der Waals surface area contributed by atoms with E-state index in [-0.39, 0.29) is 18.4 Å². The number of nitrogens with one attached hydrogen (secondary N) is 1. The molecule has 2 bridgehead atoms. The number of carbonyl (C=O) groups is 2. The van der Waals surface area contributed by atoms with Gasteiger partial charge in [0.1, 0.15) is 24.7 Å². The summed E-state index contributed by atoms with van der Waals surface area (Å²) >= 11 is 0. The zero-order valence-electron chi connectivity index (χ0n) is 15.0. The first-order chi connectivity index (χ1) is 12.3. The number of ether oxygens (including phenoxy) is 1. The maximum atomic E-state index is 12.6. The van der Waals surface area contributed by atoms with Gasteiger partial charge >= 0.3 is 13.9 Å². The van der Waals surface area contributed by atoms with Gasteiger partial charge in [-0.2, -0.15) is 14.3 Å². The van der Waals surface area contributed by atoms with Crippen LogP contribution in [0, 0.1) is 5.92 Å². The van der Waals surface area contributed by atoms with E-state index < -0.39 is 25.9 Å². The van der Waals surface area contributed by atoms with Crippen molar-refractivity contribution in [3.8, 4) is 0 Å². The Balaban J connectivity index is 1.81. The van der Waals surface area contributed by atoms with E-state index in [0.29, 0.717) is 17.8 Å². The third kappa shape index (κ3) is 3.97. The molecular weight excluding hydrogens is 357 g/mol. The summed E-state index contributed by atoms with van der Waals surface area (Å²) in [6, 6.07) is 8.72. The molecular formula is C18H26NO6P+2. The number of ketones is 1. The fourth-order valence-electron chi connectivity index (χ4n) is 4.16. The number of esters is 1. The lowest BCUT2D eigenvalue weighted by Crippen LogP contribution is -3.16. The highest BCUT2D eigenvalue weighted by molar-refractivity contribution is 7.67. The van der Waals surface area contributed by atoms with Crippen LogP contribution in [-0.2, 0) is 18.8 Å². The number of carbonyl (C=O) groups excluding carboxylic acids is 2. The zero-order valence-corrected chi connectivity index (χ0v) is 15.9. The first-order valence-corrected chi connectivity index (χ1v) is 10.5. The van der Waals surface area contributed by atoms with Crippen molar-refractivity contribution in [1.29, 1.82) is 0 Å². The van der Waals surface area contributed by atoms with E-state index in [0.717, 1.165) is 12.8 Å². The number of piperidine rings is 1. The number of Topliss-reactive ketones (excluding diaryl/α,β-unsaturated/α-hetero) is 1. The molecule has 3 unspecified atom stereocenters. The maximum absolute atomic E-state index is 12.6. The standard InChI is InChI=1S/C18H25NO6P/c1-12(20)11-24-18(21)17-15-9-8-13(19(15)2)10-16(17)25-26(22,23)14-6-4-3-5-7-14/h3-7,13,15-17,22-23H,8-11H2,1-2H3/q+1/p+1/t13?,15?,16-,17+/m0/s1. The fraction of sp³-hybridized carbons (Fsp3) is 0.556. The summed E-state index contributed by atoms with van der Waals surface area (Å²) in [4.78, 5) is 46.1. The Morgan fingerprint density at radius 1 is 1.23 bits per heavy atom. The molecule has 2 heterocycles. The minimum absolute atomic E-state index is 0.00557.